The molecule has 2 aromatic heterocycles. The number of halogens is 3. The second-order valence-corrected chi connectivity index (χ2v) is 4.31. The third kappa shape index (κ3) is 3.42. The van der Waals surface area contributed by atoms with Crippen LogP contribution in [0.15, 0.2) is 40.8 Å². The van der Waals surface area contributed by atoms with Crippen LogP contribution in [0.25, 0.3) is 0 Å². The first-order valence-electron chi connectivity index (χ1n) is 4.93. The van der Waals surface area contributed by atoms with Crippen molar-refractivity contribution in [2.75, 3.05) is 0 Å². The highest BCUT2D eigenvalue weighted by Gasteiger charge is 2.30. The molecule has 0 aliphatic carbocycles. The molecule has 19 heavy (non-hydrogen) atoms. The molecule has 2 aromatic rings. The van der Waals surface area contributed by atoms with Crippen LogP contribution in [0, 0.1) is 11.3 Å². The molecule has 0 saturated carbocycles. The van der Waals surface area contributed by atoms with Crippen molar-refractivity contribution >= 4 is 11.8 Å². The lowest BCUT2D eigenvalue weighted by Crippen LogP contribution is -2.05. The second-order valence-electron chi connectivity index (χ2n) is 3.32. The average Bonchev–Trinajstić information content (AvgIpc) is 2.38. The predicted molar refractivity (Wildman–Crippen MR) is 60.1 cm³/mol. The summed E-state index contributed by atoms with van der Waals surface area (Å²) >= 11 is 0.985. The third-order valence-electron chi connectivity index (χ3n) is 2.01. The molecule has 0 atom stereocenters. The van der Waals surface area contributed by atoms with Crippen LogP contribution in [0.1, 0.15) is 11.3 Å². The molecule has 2 rings (SSSR count). The number of nitrogens with zero attached hydrogens (tertiary/aromatic N) is 4. The summed E-state index contributed by atoms with van der Waals surface area (Å²) in [7, 11) is 0. The van der Waals surface area contributed by atoms with Crippen LogP contribution in [-0.2, 0) is 6.18 Å². The lowest BCUT2D eigenvalue weighted by Gasteiger charge is -2.06. The number of aromatic nitrogens is 3. The van der Waals surface area contributed by atoms with Crippen molar-refractivity contribution in [3.63, 3.8) is 0 Å². The molecule has 0 spiro atoms. The predicted octanol–water partition coefficient (Wildman–Crippen LogP) is 2.91. The van der Waals surface area contributed by atoms with E-state index in [1.54, 1.807) is 0 Å². The Balaban J connectivity index is 2.18. The summed E-state index contributed by atoms with van der Waals surface area (Å²) in [5.74, 6) is 0. The Labute approximate surface area is 110 Å². The number of rotatable bonds is 2. The van der Waals surface area contributed by atoms with Gasteiger partial charge >= 0.3 is 6.18 Å². The van der Waals surface area contributed by atoms with Gasteiger partial charge in [-0.1, -0.05) is 0 Å². The van der Waals surface area contributed by atoms with Crippen molar-refractivity contribution in [2.24, 2.45) is 0 Å². The van der Waals surface area contributed by atoms with Crippen molar-refractivity contribution in [1.82, 2.24) is 15.0 Å². The zero-order chi connectivity index (χ0) is 13.9. The van der Waals surface area contributed by atoms with Crippen LogP contribution in [-0.4, -0.2) is 15.0 Å². The molecule has 0 radical (unpaired) electrons. The van der Waals surface area contributed by atoms with E-state index >= 15 is 0 Å². The van der Waals surface area contributed by atoms with Crippen LogP contribution < -0.4 is 0 Å². The Kier molecular flexibility index (Phi) is 3.66. The van der Waals surface area contributed by atoms with Crippen LogP contribution >= 0.6 is 11.8 Å². The van der Waals surface area contributed by atoms with Gasteiger partial charge in [-0.05, 0) is 30.0 Å². The minimum atomic E-state index is -4.41. The second kappa shape index (κ2) is 5.24. The Hall–Kier alpha value is -2.14. The lowest BCUT2D eigenvalue weighted by atomic mass is 10.3. The van der Waals surface area contributed by atoms with Crippen LogP contribution in [0.5, 0.6) is 0 Å². The van der Waals surface area contributed by atoms with Crippen LogP contribution in [0.4, 0.5) is 13.2 Å². The highest BCUT2D eigenvalue weighted by Crippen LogP contribution is 2.30. The summed E-state index contributed by atoms with van der Waals surface area (Å²) in [4.78, 5) is 11.5. The van der Waals surface area contributed by atoms with E-state index in [0.29, 0.717) is 5.03 Å². The van der Waals surface area contributed by atoms with Gasteiger partial charge in [-0.3, -0.25) is 0 Å². The molecule has 0 aromatic carbocycles. The lowest BCUT2D eigenvalue weighted by molar-refractivity contribution is -0.137. The van der Waals surface area contributed by atoms with Crippen molar-refractivity contribution in [3.05, 3.63) is 41.9 Å². The molecule has 0 aliphatic rings. The van der Waals surface area contributed by atoms with Gasteiger partial charge in [0.05, 0.1) is 5.56 Å². The highest BCUT2D eigenvalue weighted by atomic mass is 32.2. The SMILES string of the molecule is N#Cc1ccnc(Sc2ccc(C(F)(F)F)cn2)n1. The number of nitriles is 1. The van der Waals surface area contributed by atoms with E-state index in [0.717, 1.165) is 24.0 Å². The quantitative estimate of drug-likeness (QED) is 0.792. The molecule has 4 nitrogen and oxygen atoms in total. The van der Waals surface area contributed by atoms with E-state index in [9.17, 15) is 13.2 Å². The summed E-state index contributed by atoms with van der Waals surface area (Å²) in [6.45, 7) is 0. The standard InChI is InChI=1S/C11H5F3N4S/c12-11(13,14)7-1-2-9(17-6-7)19-10-16-4-3-8(5-15)18-10/h1-4,6H. The summed E-state index contributed by atoms with van der Waals surface area (Å²) in [6.07, 6.45) is -2.26. The molecule has 0 fully saturated rings. The summed E-state index contributed by atoms with van der Waals surface area (Å²) in [6, 6.07) is 5.45. The normalized spacial score (nSPS) is 11.1. The van der Waals surface area contributed by atoms with E-state index in [1.807, 2.05) is 6.07 Å². The van der Waals surface area contributed by atoms with Gasteiger partial charge in [0.1, 0.15) is 16.8 Å². The summed E-state index contributed by atoms with van der Waals surface area (Å²) in [5, 5.41) is 9.24. The van der Waals surface area contributed by atoms with Crippen molar-refractivity contribution in [2.45, 2.75) is 16.4 Å². The minimum absolute atomic E-state index is 0.185. The van der Waals surface area contributed by atoms with Crippen LogP contribution in [0.3, 0.4) is 0 Å². The fraction of sp³-hybridized carbons (Fsp3) is 0.0909. The fourth-order valence-electron chi connectivity index (χ4n) is 1.15. The molecule has 96 valence electrons. The van der Waals surface area contributed by atoms with Gasteiger partial charge in [0.15, 0.2) is 5.16 Å². The van der Waals surface area contributed by atoms with Gasteiger partial charge in [0, 0.05) is 12.4 Å². The van der Waals surface area contributed by atoms with E-state index in [4.69, 9.17) is 5.26 Å². The molecule has 2 heterocycles. The first kappa shape index (κ1) is 13.3. The van der Waals surface area contributed by atoms with E-state index in [-0.39, 0.29) is 10.9 Å². The first-order chi connectivity index (χ1) is 8.99. The molecule has 0 N–H and O–H groups in total. The highest BCUT2D eigenvalue weighted by molar-refractivity contribution is 7.99. The molecule has 8 heteroatoms. The zero-order valence-electron chi connectivity index (χ0n) is 9.22. The summed E-state index contributed by atoms with van der Waals surface area (Å²) < 4.78 is 37.0. The molecule has 0 aliphatic heterocycles. The van der Waals surface area contributed by atoms with Gasteiger partial charge in [-0.25, -0.2) is 15.0 Å². The van der Waals surface area contributed by atoms with E-state index < -0.39 is 11.7 Å². The Morgan fingerprint density at radius 1 is 1.16 bits per heavy atom. The maximum absolute atomic E-state index is 12.3. The Bertz CT molecular complexity index is 619. The zero-order valence-corrected chi connectivity index (χ0v) is 10.0. The fourth-order valence-corrected chi connectivity index (χ4v) is 1.84. The van der Waals surface area contributed by atoms with Gasteiger partial charge in [-0.2, -0.15) is 18.4 Å². The van der Waals surface area contributed by atoms with Crippen molar-refractivity contribution < 1.29 is 13.2 Å². The third-order valence-corrected chi connectivity index (χ3v) is 2.84. The molecular formula is C11H5F3N4S. The molecule has 0 unspecified atom stereocenters. The van der Waals surface area contributed by atoms with Crippen molar-refractivity contribution in [1.29, 1.82) is 5.26 Å². The van der Waals surface area contributed by atoms with Gasteiger partial charge in [0.25, 0.3) is 0 Å². The number of pyridine rings is 1. The number of hydrogen-bond acceptors (Lipinski definition) is 5. The van der Waals surface area contributed by atoms with Crippen molar-refractivity contribution in [3.8, 4) is 6.07 Å². The smallest absolute Gasteiger partial charge is 0.249 e. The summed E-state index contributed by atoms with van der Waals surface area (Å²) in [5.41, 5.74) is -0.632. The minimum Gasteiger partial charge on any atom is -0.249 e. The molecule has 0 amide bonds. The first-order valence-corrected chi connectivity index (χ1v) is 5.75. The Morgan fingerprint density at radius 3 is 2.53 bits per heavy atom. The molecule has 0 bridgehead atoms. The average molecular weight is 282 g/mol. The van der Waals surface area contributed by atoms with Crippen LogP contribution in [0.2, 0.25) is 0 Å². The largest absolute Gasteiger partial charge is 0.417 e. The van der Waals surface area contributed by atoms with E-state index in [2.05, 4.69) is 15.0 Å². The van der Waals surface area contributed by atoms with Gasteiger partial charge in [-0.15, -0.1) is 0 Å². The molecular weight excluding hydrogens is 277 g/mol. The number of alkyl halides is 3. The van der Waals surface area contributed by atoms with Gasteiger partial charge < -0.3 is 0 Å². The number of hydrogen-bond donors (Lipinski definition) is 0. The van der Waals surface area contributed by atoms with E-state index in [1.165, 1.54) is 18.3 Å². The van der Waals surface area contributed by atoms with Gasteiger partial charge in [0.2, 0.25) is 0 Å². The molecule has 0 saturated heterocycles. The maximum atomic E-state index is 12.3. The Morgan fingerprint density at radius 2 is 1.95 bits per heavy atom. The topological polar surface area (TPSA) is 62.5 Å². The maximum Gasteiger partial charge on any atom is 0.417 e. The monoisotopic (exact) mass is 282 g/mol.